The molecule has 3 aromatic heterocycles. The molecular formula is C19H13F2IN6O. The van der Waals surface area contributed by atoms with Gasteiger partial charge in [-0.15, -0.1) is 10.2 Å². The van der Waals surface area contributed by atoms with Gasteiger partial charge >= 0.3 is 0 Å². The summed E-state index contributed by atoms with van der Waals surface area (Å²) < 4.78 is 31.7. The SMILES string of the molecule is CC(=O)c1nnc2ccc(-c3c(-c4ccc(F)cc4F)nc4n3C[C@H](I)C4)nn12. The molecule has 0 aliphatic carbocycles. The van der Waals surface area contributed by atoms with Crippen LogP contribution in [0.1, 0.15) is 23.4 Å². The average Bonchev–Trinajstić information content (AvgIpc) is 3.32. The number of imidazole rings is 1. The molecule has 1 atom stereocenters. The van der Waals surface area contributed by atoms with Gasteiger partial charge in [0, 0.05) is 35.4 Å². The molecule has 29 heavy (non-hydrogen) atoms. The molecular weight excluding hydrogens is 493 g/mol. The highest BCUT2D eigenvalue weighted by atomic mass is 127. The highest BCUT2D eigenvalue weighted by molar-refractivity contribution is 14.1. The van der Waals surface area contributed by atoms with Crippen LogP contribution in [0.25, 0.3) is 28.3 Å². The lowest BCUT2D eigenvalue weighted by Gasteiger charge is -2.10. The molecule has 1 aromatic carbocycles. The Morgan fingerprint density at radius 1 is 1.21 bits per heavy atom. The fourth-order valence-corrected chi connectivity index (χ4v) is 4.36. The van der Waals surface area contributed by atoms with Gasteiger partial charge in [0.1, 0.15) is 28.8 Å². The van der Waals surface area contributed by atoms with Crippen molar-refractivity contribution in [1.29, 1.82) is 0 Å². The highest BCUT2D eigenvalue weighted by Gasteiger charge is 2.29. The third-order valence-corrected chi connectivity index (χ3v) is 5.67. The zero-order valence-electron chi connectivity index (χ0n) is 15.1. The number of hydrogen-bond donors (Lipinski definition) is 0. The number of carbonyl (C=O) groups excluding carboxylic acids is 1. The molecule has 0 N–H and O–H groups in total. The number of benzene rings is 1. The molecule has 0 saturated heterocycles. The second-order valence-electron chi connectivity index (χ2n) is 6.83. The largest absolute Gasteiger partial charge is 0.325 e. The van der Waals surface area contributed by atoms with Crippen LogP contribution in [0.3, 0.4) is 0 Å². The molecule has 4 aromatic rings. The minimum Gasteiger partial charge on any atom is -0.325 e. The number of nitrogens with zero attached hydrogens (tertiary/aromatic N) is 6. The number of Topliss-reactive ketones (excluding diaryl/α,β-unsaturated/α-hetero) is 1. The van der Waals surface area contributed by atoms with E-state index in [0.29, 0.717) is 33.2 Å². The van der Waals surface area contributed by atoms with E-state index in [9.17, 15) is 13.6 Å². The second kappa shape index (κ2) is 6.65. The molecule has 0 bridgehead atoms. The van der Waals surface area contributed by atoms with Gasteiger partial charge in [-0.1, -0.05) is 22.6 Å². The fraction of sp³-hybridized carbons (Fsp3) is 0.211. The molecule has 0 unspecified atom stereocenters. The predicted molar refractivity (Wildman–Crippen MR) is 109 cm³/mol. The third-order valence-electron chi connectivity index (χ3n) is 4.84. The number of carbonyl (C=O) groups is 1. The van der Waals surface area contributed by atoms with Crippen molar-refractivity contribution in [2.24, 2.45) is 0 Å². The van der Waals surface area contributed by atoms with Gasteiger partial charge in [0.15, 0.2) is 11.4 Å². The predicted octanol–water partition coefficient (Wildman–Crippen LogP) is 3.50. The fourth-order valence-electron chi connectivity index (χ4n) is 3.58. The molecule has 0 saturated carbocycles. The summed E-state index contributed by atoms with van der Waals surface area (Å²) in [7, 11) is 0. The summed E-state index contributed by atoms with van der Waals surface area (Å²) in [4.78, 5) is 16.5. The van der Waals surface area contributed by atoms with E-state index in [1.165, 1.54) is 23.6 Å². The Hall–Kier alpha value is -2.76. The average molecular weight is 506 g/mol. The lowest BCUT2D eigenvalue weighted by Crippen LogP contribution is -2.07. The Bertz CT molecular complexity index is 1300. The van der Waals surface area contributed by atoms with E-state index < -0.39 is 11.6 Å². The van der Waals surface area contributed by atoms with E-state index >= 15 is 0 Å². The zero-order valence-corrected chi connectivity index (χ0v) is 17.3. The molecule has 7 nitrogen and oxygen atoms in total. The standard InChI is InChI=1S/C19H13F2IN6O/c1-9(29)19-25-24-15-5-4-14(26-28(15)19)18-17(12-3-2-10(20)6-13(12)21)23-16-7-11(22)8-27(16)18/h2-6,11H,7-8H2,1H3/t11-/m1/s1. The molecule has 0 radical (unpaired) electrons. The number of halogens is 3. The van der Waals surface area contributed by atoms with Crippen LogP contribution < -0.4 is 0 Å². The van der Waals surface area contributed by atoms with Crippen LogP contribution in [-0.4, -0.2) is 39.1 Å². The second-order valence-corrected chi connectivity index (χ2v) is 8.59. The Labute approximate surface area is 176 Å². The van der Waals surface area contributed by atoms with E-state index in [2.05, 4.69) is 42.9 Å². The van der Waals surface area contributed by atoms with Crippen molar-refractivity contribution >= 4 is 34.0 Å². The van der Waals surface area contributed by atoms with E-state index in [1.54, 1.807) is 12.1 Å². The molecule has 0 fully saturated rings. The maximum absolute atomic E-state index is 14.6. The Kier molecular flexibility index (Phi) is 4.19. The number of fused-ring (bicyclic) bond motifs is 2. The zero-order chi connectivity index (χ0) is 20.3. The van der Waals surface area contributed by atoms with E-state index in [0.717, 1.165) is 18.3 Å². The van der Waals surface area contributed by atoms with Crippen LogP contribution in [0, 0.1) is 11.6 Å². The topological polar surface area (TPSA) is 78.0 Å². The Morgan fingerprint density at radius 2 is 2.03 bits per heavy atom. The number of rotatable bonds is 3. The minimum absolute atomic E-state index is 0.115. The molecule has 5 rings (SSSR count). The lowest BCUT2D eigenvalue weighted by atomic mass is 10.1. The van der Waals surface area contributed by atoms with Gasteiger partial charge in [0.25, 0.3) is 0 Å². The molecule has 1 aliphatic heterocycles. The van der Waals surface area contributed by atoms with Crippen molar-refractivity contribution in [3.63, 3.8) is 0 Å². The Morgan fingerprint density at radius 3 is 2.79 bits per heavy atom. The van der Waals surface area contributed by atoms with Crippen molar-refractivity contribution in [3.8, 4) is 22.6 Å². The number of ketones is 1. The first-order valence-corrected chi connectivity index (χ1v) is 10.1. The maximum atomic E-state index is 14.6. The van der Waals surface area contributed by atoms with Crippen molar-refractivity contribution in [1.82, 2.24) is 29.4 Å². The van der Waals surface area contributed by atoms with Gasteiger partial charge in [-0.05, 0) is 24.3 Å². The van der Waals surface area contributed by atoms with Crippen molar-refractivity contribution < 1.29 is 13.6 Å². The van der Waals surface area contributed by atoms with Crippen LogP contribution in [0.4, 0.5) is 8.78 Å². The number of aromatic nitrogens is 6. The van der Waals surface area contributed by atoms with Gasteiger partial charge in [0.2, 0.25) is 5.82 Å². The summed E-state index contributed by atoms with van der Waals surface area (Å²) in [5.74, 6) is -0.677. The molecule has 10 heteroatoms. The molecule has 1 aliphatic rings. The molecule has 0 amide bonds. The molecule has 4 heterocycles. The molecule has 146 valence electrons. The first kappa shape index (κ1) is 18.3. The van der Waals surface area contributed by atoms with Crippen molar-refractivity contribution in [2.75, 3.05) is 0 Å². The molecule has 0 spiro atoms. The van der Waals surface area contributed by atoms with E-state index in [-0.39, 0.29) is 17.2 Å². The quantitative estimate of drug-likeness (QED) is 0.242. The smallest absolute Gasteiger partial charge is 0.220 e. The summed E-state index contributed by atoms with van der Waals surface area (Å²) >= 11 is 2.35. The van der Waals surface area contributed by atoms with Crippen molar-refractivity contribution in [2.45, 2.75) is 23.8 Å². The Balaban J connectivity index is 1.77. The normalized spacial score (nSPS) is 15.8. The van der Waals surface area contributed by atoms with Gasteiger partial charge in [-0.3, -0.25) is 4.79 Å². The van der Waals surface area contributed by atoms with Crippen molar-refractivity contribution in [3.05, 3.63) is 53.6 Å². The maximum Gasteiger partial charge on any atom is 0.220 e. The van der Waals surface area contributed by atoms with Crippen LogP contribution in [0.15, 0.2) is 30.3 Å². The summed E-state index contributed by atoms with van der Waals surface area (Å²) in [6.45, 7) is 2.09. The van der Waals surface area contributed by atoms with E-state index in [1.807, 2.05) is 4.57 Å². The summed E-state index contributed by atoms with van der Waals surface area (Å²) in [6, 6.07) is 6.87. The first-order valence-electron chi connectivity index (χ1n) is 8.85. The lowest BCUT2D eigenvalue weighted by molar-refractivity contribution is 0.100. The minimum atomic E-state index is -0.691. The third kappa shape index (κ3) is 2.93. The summed E-state index contributed by atoms with van der Waals surface area (Å²) in [6.07, 6.45) is 0.740. The van der Waals surface area contributed by atoms with E-state index in [4.69, 9.17) is 0 Å². The van der Waals surface area contributed by atoms with Gasteiger partial charge in [0.05, 0.1) is 5.69 Å². The van der Waals surface area contributed by atoms with Crippen LogP contribution in [0.2, 0.25) is 0 Å². The number of hydrogen-bond acceptors (Lipinski definition) is 5. The first-order chi connectivity index (χ1) is 13.9. The monoisotopic (exact) mass is 506 g/mol. The highest BCUT2D eigenvalue weighted by Crippen LogP contribution is 2.37. The van der Waals surface area contributed by atoms with Crippen LogP contribution in [0.5, 0.6) is 0 Å². The number of alkyl halides is 1. The van der Waals surface area contributed by atoms with Gasteiger partial charge < -0.3 is 4.57 Å². The summed E-state index contributed by atoms with van der Waals surface area (Å²) in [5, 5.41) is 12.4. The van der Waals surface area contributed by atoms with Crippen LogP contribution in [-0.2, 0) is 13.0 Å². The van der Waals surface area contributed by atoms with Gasteiger partial charge in [-0.25, -0.2) is 13.8 Å². The summed E-state index contributed by atoms with van der Waals surface area (Å²) in [5.41, 5.74) is 2.15. The van der Waals surface area contributed by atoms with Crippen LogP contribution >= 0.6 is 22.6 Å². The van der Waals surface area contributed by atoms with Gasteiger partial charge in [-0.2, -0.15) is 9.61 Å².